The van der Waals surface area contributed by atoms with Crippen LogP contribution in [0.1, 0.15) is 97.3 Å². The third kappa shape index (κ3) is 9.51. The van der Waals surface area contributed by atoms with E-state index in [0.717, 1.165) is 50.4 Å². The molecule has 0 bridgehead atoms. The van der Waals surface area contributed by atoms with Crippen molar-refractivity contribution in [2.45, 2.75) is 116 Å². The van der Waals surface area contributed by atoms with Gasteiger partial charge in [-0.05, 0) is 93.6 Å². The second-order valence-corrected chi connectivity index (χ2v) is 10.5. The Morgan fingerprint density at radius 2 is 0.968 bits per heavy atom. The van der Waals surface area contributed by atoms with Crippen LogP contribution < -0.4 is 0 Å². The molecule has 1 aromatic rings. The summed E-state index contributed by atoms with van der Waals surface area (Å²) in [6, 6.07) is 8.71. The van der Waals surface area contributed by atoms with E-state index in [0.29, 0.717) is 11.2 Å². The van der Waals surface area contributed by atoms with E-state index >= 15 is 0 Å². The van der Waals surface area contributed by atoms with E-state index in [1.54, 1.807) is 24.3 Å². The molecule has 0 amide bonds. The van der Waals surface area contributed by atoms with E-state index in [2.05, 4.69) is 13.8 Å². The summed E-state index contributed by atoms with van der Waals surface area (Å²) in [5.41, 5.74) is 0.389. The molecule has 3 fully saturated rings. The Morgan fingerprint density at radius 3 is 1.26 bits per heavy atom. The van der Waals surface area contributed by atoms with E-state index in [9.17, 15) is 10.2 Å². The average Bonchev–Trinajstić information content (AvgIpc) is 2.76. The first-order valence-electron chi connectivity index (χ1n) is 12.6. The Balaban J connectivity index is 0.000000199. The first-order valence-corrected chi connectivity index (χ1v) is 12.6. The number of hydrogen-bond donors (Lipinski definition) is 4. The minimum atomic E-state index is -0.0461. The van der Waals surface area contributed by atoms with Crippen molar-refractivity contribution in [1.29, 1.82) is 0 Å². The normalized spacial score (nSPS) is 29.7. The zero-order valence-corrected chi connectivity index (χ0v) is 19.8. The summed E-state index contributed by atoms with van der Waals surface area (Å²) in [5, 5.41) is 36.8. The molecule has 178 valence electrons. The number of para-hydroxylation sites is 1. The summed E-state index contributed by atoms with van der Waals surface area (Å²) in [7, 11) is 0. The monoisotopic (exact) mass is 434 g/mol. The summed E-state index contributed by atoms with van der Waals surface area (Å²) in [6.07, 6.45) is 14.5. The largest absolute Gasteiger partial charge is 0.508 e. The molecule has 0 radical (unpaired) electrons. The number of hydrogen-bond acceptors (Lipinski definition) is 4. The van der Waals surface area contributed by atoms with Crippen molar-refractivity contribution in [3.63, 3.8) is 0 Å². The SMILES string of the molecule is CC(C)(C1CCC(O)CC1)C1CCC(O)CC1.OC1CCCCC1.Oc1ccccc1. The molecule has 31 heavy (non-hydrogen) atoms. The molecule has 0 heterocycles. The van der Waals surface area contributed by atoms with Gasteiger partial charge in [0.25, 0.3) is 0 Å². The Labute approximate surface area is 189 Å². The van der Waals surface area contributed by atoms with Gasteiger partial charge in [-0.3, -0.25) is 0 Å². The number of benzene rings is 1. The number of aliphatic hydroxyl groups excluding tert-OH is 3. The van der Waals surface area contributed by atoms with Gasteiger partial charge in [-0.15, -0.1) is 0 Å². The maximum Gasteiger partial charge on any atom is 0.115 e. The summed E-state index contributed by atoms with van der Waals surface area (Å²) in [4.78, 5) is 0. The highest BCUT2D eigenvalue weighted by atomic mass is 16.3. The van der Waals surface area contributed by atoms with Crippen molar-refractivity contribution < 1.29 is 20.4 Å². The molecule has 3 aliphatic carbocycles. The van der Waals surface area contributed by atoms with Crippen LogP contribution in [0.25, 0.3) is 0 Å². The summed E-state index contributed by atoms with van der Waals surface area (Å²) >= 11 is 0. The van der Waals surface area contributed by atoms with Gasteiger partial charge in [-0.2, -0.15) is 0 Å². The summed E-state index contributed by atoms with van der Waals surface area (Å²) in [6.45, 7) is 4.83. The highest BCUT2D eigenvalue weighted by Crippen LogP contribution is 2.48. The third-order valence-corrected chi connectivity index (χ3v) is 7.83. The van der Waals surface area contributed by atoms with E-state index in [-0.39, 0.29) is 18.3 Å². The van der Waals surface area contributed by atoms with Crippen LogP contribution in [0.15, 0.2) is 30.3 Å². The van der Waals surface area contributed by atoms with Crippen LogP contribution in [0.5, 0.6) is 5.75 Å². The molecule has 0 aromatic heterocycles. The number of rotatable bonds is 2. The van der Waals surface area contributed by atoms with Crippen molar-refractivity contribution in [2.75, 3.05) is 0 Å². The zero-order valence-electron chi connectivity index (χ0n) is 19.8. The minimum Gasteiger partial charge on any atom is -0.508 e. The Morgan fingerprint density at radius 1 is 0.581 bits per heavy atom. The predicted molar refractivity (Wildman–Crippen MR) is 127 cm³/mol. The van der Waals surface area contributed by atoms with Crippen molar-refractivity contribution >= 4 is 0 Å². The van der Waals surface area contributed by atoms with E-state index in [1.165, 1.54) is 44.9 Å². The Hall–Kier alpha value is -1.10. The number of aliphatic hydroxyl groups is 3. The van der Waals surface area contributed by atoms with Gasteiger partial charge in [-0.1, -0.05) is 51.3 Å². The quantitative estimate of drug-likeness (QED) is 0.473. The first kappa shape index (κ1) is 26.2. The number of phenols is 1. The average molecular weight is 435 g/mol. The fourth-order valence-electron chi connectivity index (χ4n) is 5.48. The molecular weight excluding hydrogens is 388 g/mol. The predicted octanol–water partition coefficient (Wildman–Crippen LogP) is 5.82. The highest BCUT2D eigenvalue weighted by Gasteiger charge is 2.39. The number of phenolic OH excluding ortho intramolecular Hbond substituents is 1. The minimum absolute atomic E-state index is 0.0359. The van der Waals surface area contributed by atoms with E-state index in [1.807, 2.05) is 6.07 Å². The van der Waals surface area contributed by atoms with Gasteiger partial charge in [0.15, 0.2) is 0 Å². The van der Waals surface area contributed by atoms with Crippen molar-refractivity contribution in [3.05, 3.63) is 30.3 Å². The van der Waals surface area contributed by atoms with Crippen LogP contribution in [0.3, 0.4) is 0 Å². The summed E-state index contributed by atoms with van der Waals surface area (Å²) < 4.78 is 0. The maximum absolute atomic E-state index is 9.60. The van der Waals surface area contributed by atoms with Gasteiger partial charge < -0.3 is 20.4 Å². The van der Waals surface area contributed by atoms with Gasteiger partial charge >= 0.3 is 0 Å². The van der Waals surface area contributed by atoms with Crippen LogP contribution in [-0.4, -0.2) is 38.7 Å². The van der Waals surface area contributed by atoms with Crippen molar-refractivity contribution in [1.82, 2.24) is 0 Å². The molecule has 0 aliphatic heterocycles. The van der Waals surface area contributed by atoms with Crippen LogP contribution in [-0.2, 0) is 0 Å². The molecule has 3 aliphatic rings. The number of aromatic hydroxyl groups is 1. The van der Waals surface area contributed by atoms with Gasteiger partial charge in [0.1, 0.15) is 5.75 Å². The zero-order chi connectivity index (χ0) is 22.7. The smallest absolute Gasteiger partial charge is 0.115 e. The van der Waals surface area contributed by atoms with E-state index < -0.39 is 0 Å². The second-order valence-electron chi connectivity index (χ2n) is 10.5. The molecule has 0 unspecified atom stereocenters. The molecule has 4 rings (SSSR count). The molecule has 4 N–H and O–H groups in total. The molecule has 1 aromatic carbocycles. The van der Waals surface area contributed by atoms with Crippen LogP contribution in [0, 0.1) is 17.3 Å². The van der Waals surface area contributed by atoms with Crippen LogP contribution >= 0.6 is 0 Å². The van der Waals surface area contributed by atoms with Crippen molar-refractivity contribution in [2.24, 2.45) is 17.3 Å². The molecule has 0 atom stereocenters. The highest BCUT2D eigenvalue weighted by molar-refractivity contribution is 5.18. The molecule has 0 saturated heterocycles. The Kier molecular flexibility index (Phi) is 11.3. The lowest BCUT2D eigenvalue weighted by atomic mass is 9.60. The molecule has 3 saturated carbocycles. The lowest BCUT2D eigenvalue weighted by Crippen LogP contribution is -2.38. The third-order valence-electron chi connectivity index (χ3n) is 7.83. The van der Waals surface area contributed by atoms with Crippen LogP contribution in [0.4, 0.5) is 0 Å². The molecular formula is C27H46O4. The second kappa shape index (κ2) is 13.4. The lowest BCUT2D eigenvalue weighted by Gasteiger charge is -2.46. The molecule has 4 heteroatoms. The van der Waals surface area contributed by atoms with Gasteiger partial charge in [0.05, 0.1) is 18.3 Å². The van der Waals surface area contributed by atoms with Gasteiger partial charge in [-0.25, -0.2) is 0 Å². The topological polar surface area (TPSA) is 80.9 Å². The van der Waals surface area contributed by atoms with Crippen LogP contribution in [0.2, 0.25) is 0 Å². The first-order chi connectivity index (χ1) is 14.8. The van der Waals surface area contributed by atoms with Crippen molar-refractivity contribution in [3.8, 4) is 5.75 Å². The molecule has 4 nitrogen and oxygen atoms in total. The van der Waals surface area contributed by atoms with Gasteiger partial charge in [0, 0.05) is 0 Å². The Bertz CT molecular complexity index is 542. The summed E-state index contributed by atoms with van der Waals surface area (Å²) in [5.74, 6) is 1.86. The maximum atomic E-state index is 9.60. The lowest BCUT2D eigenvalue weighted by molar-refractivity contribution is 0.00233. The molecule has 0 spiro atoms. The van der Waals surface area contributed by atoms with Gasteiger partial charge in [0.2, 0.25) is 0 Å². The standard InChI is InChI=1S/C15H28O2.C6H12O.C6H6O/c1-15(2,11-3-7-13(16)8-4-11)12-5-9-14(17)10-6-12;2*7-6-4-2-1-3-5-6/h11-14,16-17H,3-10H2,1-2H3;6-7H,1-5H2;1-5,7H. The van der Waals surface area contributed by atoms with E-state index in [4.69, 9.17) is 10.2 Å². The fourth-order valence-corrected chi connectivity index (χ4v) is 5.48. The fraction of sp³-hybridized carbons (Fsp3) is 0.778.